The van der Waals surface area contributed by atoms with Gasteiger partial charge in [-0.1, -0.05) is 26.0 Å². The van der Waals surface area contributed by atoms with Gasteiger partial charge in [0, 0.05) is 12.6 Å². The van der Waals surface area contributed by atoms with Crippen LogP contribution >= 0.6 is 0 Å². The van der Waals surface area contributed by atoms with Crippen molar-refractivity contribution < 1.29 is 9.18 Å². The molecule has 2 unspecified atom stereocenters. The zero-order chi connectivity index (χ0) is 15.2. The Morgan fingerprint density at radius 2 is 2.05 bits per heavy atom. The molecule has 4 nitrogen and oxygen atoms in total. The quantitative estimate of drug-likeness (QED) is 0.749. The van der Waals surface area contributed by atoms with Crippen molar-refractivity contribution in [1.29, 1.82) is 0 Å². The van der Waals surface area contributed by atoms with Crippen LogP contribution in [0.4, 0.5) is 4.39 Å². The lowest BCUT2D eigenvalue weighted by atomic mass is 10.00. The maximum Gasteiger partial charge on any atom is 0.238 e. The maximum atomic E-state index is 12.8. The molecule has 1 fully saturated rings. The fourth-order valence-corrected chi connectivity index (χ4v) is 2.62. The van der Waals surface area contributed by atoms with E-state index in [0.717, 1.165) is 18.4 Å². The van der Waals surface area contributed by atoms with E-state index in [-0.39, 0.29) is 17.8 Å². The van der Waals surface area contributed by atoms with E-state index < -0.39 is 0 Å². The Hall–Kier alpha value is -1.46. The van der Waals surface area contributed by atoms with Crippen molar-refractivity contribution in [2.24, 2.45) is 5.92 Å². The minimum atomic E-state index is -0.236. The van der Waals surface area contributed by atoms with Crippen molar-refractivity contribution in [3.63, 3.8) is 0 Å². The number of carbonyl (C=O) groups excluding carboxylic acids is 1. The molecule has 1 aromatic carbocycles. The molecule has 0 aliphatic carbocycles. The zero-order valence-corrected chi connectivity index (χ0v) is 12.7. The highest BCUT2D eigenvalue weighted by molar-refractivity contribution is 5.82. The molecule has 1 amide bonds. The maximum absolute atomic E-state index is 12.8. The van der Waals surface area contributed by atoms with E-state index >= 15 is 0 Å². The Balaban J connectivity index is 1.69. The highest BCUT2D eigenvalue weighted by Crippen LogP contribution is 2.13. The normalized spacial score (nSPS) is 21.7. The number of hydrogen-bond acceptors (Lipinski definition) is 3. The van der Waals surface area contributed by atoms with Gasteiger partial charge in [-0.3, -0.25) is 10.2 Å². The van der Waals surface area contributed by atoms with Gasteiger partial charge >= 0.3 is 0 Å². The predicted octanol–water partition coefficient (Wildman–Crippen LogP) is 1.77. The summed E-state index contributed by atoms with van der Waals surface area (Å²) < 4.78 is 12.8. The van der Waals surface area contributed by atoms with E-state index in [2.05, 4.69) is 30.0 Å². The van der Waals surface area contributed by atoms with Crippen LogP contribution in [0.5, 0.6) is 0 Å². The van der Waals surface area contributed by atoms with Gasteiger partial charge in [0.25, 0.3) is 0 Å². The molecule has 1 aliphatic heterocycles. The molecule has 3 N–H and O–H groups in total. The number of rotatable bonds is 6. The molecule has 1 aliphatic rings. The van der Waals surface area contributed by atoms with Crippen LogP contribution in [0.25, 0.3) is 0 Å². The van der Waals surface area contributed by atoms with E-state index in [0.29, 0.717) is 24.9 Å². The molecular formula is C16H24FN3O. The fraction of sp³-hybridized carbons (Fsp3) is 0.562. The van der Waals surface area contributed by atoms with Crippen molar-refractivity contribution in [3.05, 3.63) is 35.6 Å². The van der Waals surface area contributed by atoms with E-state index in [1.54, 1.807) is 12.1 Å². The van der Waals surface area contributed by atoms with Gasteiger partial charge in [0.1, 0.15) is 11.9 Å². The first-order valence-electron chi connectivity index (χ1n) is 7.58. The van der Waals surface area contributed by atoms with E-state index in [4.69, 9.17) is 0 Å². The second-order valence-corrected chi connectivity index (χ2v) is 6.07. The van der Waals surface area contributed by atoms with E-state index in [1.165, 1.54) is 12.1 Å². The Morgan fingerprint density at radius 1 is 1.33 bits per heavy atom. The molecular weight excluding hydrogens is 269 g/mol. The lowest BCUT2D eigenvalue weighted by molar-refractivity contribution is -0.122. The third-order valence-electron chi connectivity index (χ3n) is 3.68. The summed E-state index contributed by atoms with van der Waals surface area (Å²) in [5.41, 5.74) is 7.26. The van der Waals surface area contributed by atoms with E-state index in [9.17, 15) is 9.18 Å². The number of halogens is 1. The van der Waals surface area contributed by atoms with Crippen LogP contribution in [0.3, 0.4) is 0 Å². The third-order valence-corrected chi connectivity index (χ3v) is 3.68. The lowest BCUT2D eigenvalue weighted by Crippen LogP contribution is -2.44. The minimum Gasteiger partial charge on any atom is -0.354 e. The van der Waals surface area contributed by atoms with Crippen molar-refractivity contribution in [2.45, 2.75) is 45.2 Å². The molecule has 0 saturated carbocycles. The van der Waals surface area contributed by atoms with Gasteiger partial charge in [0.2, 0.25) is 5.91 Å². The first-order chi connectivity index (χ1) is 10.0. The van der Waals surface area contributed by atoms with Crippen LogP contribution in [0.15, 0.2) is 24.3 Å². The molecule has 1 aromatic rings. The van der Waals surface area contributed by atoms with Crippen LogP contribution in [-0.4, -0.2) is 24.5 Å². The van der Waals surface area contributed by atoms with Gasteiger partial charge < -0.3 is 5.32 Å². The van der Waals surface area contributed by atoms with Crippen molar-refractivity contribution in [2.75, 3.05) is 6.54 Å². The van der Waals surface area contributed by atoms with Crippen LogP contribution in [0.2, 0.25) is 0 Å². The molecule has 1 saturated heterocycles. The smallest absolute Gasteiger partial charge is 0.238 e. The van der Waals surface area contributed by atoms with Gasteiger partial charge in [-0.2, -0.15) is 0 Å². The number of amides is 1. The molecule has 0 bridgehead atoms. The lowest BCUT2D eigenvalue weighted by Gasteiger charge is -2.12. The summed E-state index contributed by atoms with van der Waals surface area (Å²) in [4.78, 5) is 12.0. The van der Waals surface area contributed by atoms with Crippen molar-refractivity contribution >= 4 is 5.91 Å². The van der Waals surface area contributed by atoms with Crippen LogP contribution < -0.4 is 16.2 Å². The molecule has 1 heterocycles. The van der Waals surface area contributed by atoms with Gasteiger partial charge in [-0.25, -0.2) is 9.82 Å². The highest BCUT2D eigenvalue weighted by atomic mass is 19.1. The Labute approximate surface area is 125 Å². The molecule has 2 rings (SSSR count). The molecule has 2 atom stereocenters. The summed E-state index contributed by atoms with van der Waals surface area (Å²) in [6.07, 6.45) is 2.59. The third kappa shape index (κ3) is 5.10. The van der Waals surface area contributed by atoms with Crippen LogP contribution in [-0.2, 0) is 11.2 Å². The molecule has 0 aromatic heterocycles. The Morgan fingerprint density at radius 3 is 2.71 bits per heavy atom. The second-order valence-electron chi connectivity index (χ2n) is 6.07. The standard InChI is InChI=1S/C16H24FN3O/c1-11(2)9-14-10-15(20-19-14)16(21)18-8-7-12-3-5-13(17)6-4-12/h3-6,11,14-15,19-20H,7-10H2,1-2H3,(H,18,21). The van der Waals surface area contributed by atoms with E-state index in [1.807, 2.05) is 0 Å². The molecule has 116 valence electrons. The van der Waals surface area contributed by atoms with Gasteiger partial charge in [0.05, 0.1) is 0 Å². The largest absolute Gasteiger partial charge is 0.354 e. The number of hydrogen-bond donors (Lipinski definition) is 3. The molecule has 5 heteroatoms. The second kappa shape index (κ2) is 7.52. The summed E-state index contributed by atoms with van der Waals surface area (Å²) in [6, 6.07) is 6.57. The first kappa shape index (κ1) is 15.9. The highest BCUT2D eigenvalue weighted by Gasteiger charge is 2.29. The predicted molar refractivity (Wildman–Crippen MR) is 81.0 cm³/mol. The van der Waals surface area contributed by atoms with Crippen LogP contribution in [0.1, 0.15) is 32.3 Å². The zero-order valence-electron chi connectivity index (χ0n) is 12.7. The first-order valence-corrected chi connectivity index (χ1v) is 7.58. The van der Waals surface area contributed by atoms with Crippen molar-refractivity contribution in [1.82, 2.24) is 16.2 Å². The molecule has 0 radical (unpaired) electrons. The summed E-state index contributed by atoms with van der Waals surface area (Å²) in [5, 5.41) is 2.93. The number of nitrogens with one attached hydrogen (secondary N) is 3. The fourth-order valence-electron chi connectivity index (χ4n) is 2.62. The molecule has 0 spiro atoms. The number of carbonyl (C=O) groups is 1. The summed E-state index contributed by atoms with van der Waals surface area (Å²) in [5.74, 6) is 0.403. The van der Waals surface area contributed by atoms with Gasteiger partial charge in [-0.15, -0.1) is 0 Å². The molecule has 21 heavy (non-hydrogen) atoms. The van der Waals surface area contributed by atoms with Gasteiger partial charge in [-0.05, 0) is 42.9 Å². The number of benzene rings is 1. The minimum absolute atomic E-state index is 0.0240. The monoisotopic (exact) mass is 293 g/mol. The number of hydrazine groups is 1. The summed E-state index contributed by atoms with van der Waals surface area (Å²) >= 11 is 0. The topological polar surface area (TPSA) is 53.2 Å². The average Bonchev–Trinajstić information content (AvgIpc) is 2.88. The Kier molecular flexibility index (Phi) is 5.70. The Bertz CT molecular complexity index is 461. The van der Waals surface area contributed by atoms with Gasteiger partial charge in [0.15, 0.2) is 0 Å². The van der Waals surface area contributed by atoms with Crippen molar-refractivity contribution in [3.8, 4) is 0 Å². The van der Waals surface area contributed by atoms with Crippen LogP contribution in [0, 0.1) is 11.7 Å². The summed E-state index contributed by atoms with van der Waals surface area (Å²) in [6.45, 7) is 4.92. The summed E-state index contributed by atoms with van der Waals surface area (Å²) in [7, 11) is 0. The average molecular weight is 293 g/mol. The SMILES string of the molecule is CC(C)CC1CC(C(=O)NCCc2ccc(F)cc2)NN1.